The minimum Gasteiger partial charge on any atom is -0.324 e. The summed E-state index contributed by atoms with van der Waals surface area (Å²) in [6.07, 6.45) is 7.44. The van der Waals surface area contributed by atoms with Gasteiger partial charge in [-0.25, -0.2) is 0 Å². The minimum atomic E-state index is 0.203. The van der Waals surface area contributed by atoms with E-state index in [1.807, 2.05) is 6.08 Å². The van der Waals surface area contributed by atoms with E-state index in [1.165, 1.54) is 0 Å². The molecular formula is C13H24N2. The van der Waals surface area contributed by atoms with Gasteiger partial charge in [-0.3, -0.25) is 4.90 Å². The molecule has 1 aliphatic rings. The Morgan fingerprint density at radius 3 is 2.53 bits per heavy atom. The standard InChI is InChI=1S/C13H24N2/c1-5-8-15(13(2,3)4)10-11-6-7-12(14)9-11/h5-7,11-12H,1,8-10,14H2,2-4H3. The Morgan fingerprint density at radius 2 is 2.13 bits per heavy atom. The van der Waals surface area contributed by atoms with Crippen LogP contribution in [-0.2, 0) is 0 Å². The highest BCUT2D eigenvalue weighted by molar-refractivity contribution is 5.06. The van der Waals surface area contributed by atoms with E-state index in [4.69, 9.17) is 5.73 Å². The average Bonchev–Trinajstić information content (AvgIpc) is 2.49. The molecule has 0 aromatic carbocycles. The number of rotatable bonds is 4. The molecule has 0 aromatic rings. The number of nitrogens with zero attached hydrogens (tertiary/aromatic N) is 1. The SMILES string of the molecule is C=CCN(CC1C=CC(N)C1)C(C)(C)C. The second-order valence-corrected chi connectivity index (χ2v) is 5.41. The van der Waals surface area contributed by atoms with Gasteiger partial charge in [0.25, 0.3) is 0 Å². The largest absolute Gasteiger partial charge is 0.324 e. The predicted octanol–water partition coefficient (Wildman–Crippen LogP) is 2.18. The Kier molecular flexibility index (Phi) is 4.12. The third-order valence-corrected chi connectivity index (χ3v) is 2.96. The zero-order valence-electron chi connectivity index (χ0n) is 10.2. The summed E-state index contributed by atoms with van der Waals surface area (Å²) in [7, 11) is 0. The van der Waals surface area contributed by atoms with Crippen LogP contribution < -0.4 is 5.73 Å². The topological polar surface area (TPSA) is 29.3 Å². The van der Waals surface area contributed by atoms with Gasteiger partial charge in [-0.2, -0.15) is 0 Å². The van der Waals surface area contributed by atoms with Crippen molar-refractivity contribution in [1.82, 2.24) is 4.90 Å². The van der Waals surface area contributed by atoms with Crippen molar-refractivity contribution in [3.8, 4) is 0 Å². The normalized spacial score (nSPS) is 26.2. The highest BCUT2D eigenvalue weighted by atomic mass is 15.2. The van der Waals surface area contributed by atoms with E-state index in [2.05, 4.69) is 44.4 Å². The van der Waals surface area contributed by atoms with Crippen LogP contribution in [0.1, 0.15) is 27.2 Å². The van der Waals surface area contributed by atoms with Crippen molar-refractivity contribution in [3.05, 3.63) is 24.8 Å². The quantitative estimate of drug-likeness (QED) is 0.718. The molecule has 0 saturated carbocycles. The summed E-state index contributed by atoms with van der Waals surface area (Å²) in [5.74, 6) is 0.610. The van der Waals surface area contributed by atoms with Crippen molar-refractivity contribution < 1.29 is 0 Å². The first-order valence-electron chi connectivity index (χ1n) is 5.73. The lowest BCUT2D eigenvalue weighted by Crippen LogP contribution is -2.44. The first kappa shape index (κ1) is 12.5. The van der Waals surface area contributed by atoms with Crippen molar-refractivity contribution in [2.75, 3.05) is 13.1 Å². The van der Waals surface area contributed by atoms with Gasteiger partial charge in [0.1, 0.15) is 0 Å². The average molecular weight is 208 g/mol. The molecule has 0 amide bonds. The van der Waals surface area contributed by atoms with Crippen LogP contribution >= 0.6 is 0 Å². The second-order valence-electron chi connectivity index (χ2n) is 5.41. The van der Waals surface area contributed by atoms with Crippen molar-refractivity contribution in [2.45, 2.75) is 38.8 Å². The molecule has 0 radical (unpaired) electrons. The van der Waals surface area contributed by atoms with Gasteiger partial charge >= 0.3 is 0 Å². The Hall–Kier alpha value is -0.600. The summed E-state index contributed by atoms with van der Waals surface area (Å²) in [4.78, 5) is 2.45. The van der Waals surface area contributed by atoms with Gasteiger partial charge in [0.2, 0.25) is 0 Å². The molecule has 2 N–H and O–H groups in total. The molecule has 2 heteroatoms. The molecule has 0 aromatic heterocycles. The minimum absolute atomic E-state index is 0.203. The maximum Gasteiger partial charge on any atom is 0.0229 e. The van der Waals surface area contributed by atoms with E-state index in [-0.39, 0.29) is 11.6 Å². The van der Waals surface area contributed by atoms with Crippen LogP contribution in [0.4, 0.5) is 0 Å². The first-order chi connectivity index (χ1) is 6.93. The number of hydrogen-bond donors (Lipinski definition) is 1. The Labute approximate surface area is 93.8 Å². The highest BCUT2D eigenvalue weighted by Gasteiger charge is 2.24. The summed E-state index contributed by atoms with van der Waals surface area (Å²) in [6, 6.07) is 0.264. The van der Waals surface area contributed by atoms with Crippen molar-refractivity contribution >= 4 is 0 Å². The third kappa shape index (κ3) is 3.80. The van der Waals surface area contributed by atoms with Gasteiger partial charge in [-0.05, 0) is 33.1 Å². The molecule has 0 bridgehead atoms. The molecule has 0 saturated heterocycles. The smallest absolute Gasteiger partial charge is 0.0229 e. The third-order valence-electron chi connectivity index (χ3n) is 2.96. The molecular weight excluding hydrogens is 184 g/mol. The van der Waals surface area contributed by atoms with E-state index in [9.17, 15) is 0 Å². The molecule has 2 atom stereocenters. The van der Waals surface area contributed by atoms with Crippen LogP contribution in [0.15, 0.2) is 24.8 Å². The summed E-state index contributed by atoms with van der Waals surface area (Å²) in [5, 5.41) is 0. The molecule has 1 rings (SSSR count). The maximum absolute atomic E-state index is 5.86. The number of hydrogen-bond acceptors (Lipinski definition) is 2. The zero-order chi connectivity index (χ0) is 11.5. The second kappa shape index (κ2) is 4.95. The summed E-state index contributed by atoms with van der Waals surface area (Å²) in [5.41, 5.74) is 6.06. The van der Waals surface area contributed by atoms with Crippen molar-refractivity contribution in [2.24, 2.45) is 11.7 Å². The lowest BCUT2D eigenvalue weighted by atomic mass is 10.0. The van der Waals surface area contributed by atoms with E-state index in [0.29, 0.717) is 5.92 Å². The van der Waals surface area contributed by atoms with Gasteiger partial charge < -0.3 is 5.73 Å². The van der Waals surface area contributed by atoms with Gasteiger partial charge in [-0.1, -0.05) is 18.2 Å². The van der Waals surface area contributed by atoms with Gasteiger partial charge in [0.15, 0.2) is 0 Å². The van der Waals surface area contributed by atoms with Gasteiger partial charge in [-0.15, -0.1) is 6.58 Å². The molecule has 0 fully saturated rings. The Balaban J connectivity index is 2.52. The van der Waals surface area contributed by atoms with Crippen LogP contribution in [0, 0.1) is 5.92 Å². The predicted molar refractivity (Wildman–Crippen MR) is 66.7 cm³/mol. The Bertz CT molecular complexity index is 237. The molecule has 15 heavy (non-hydrogen) atoms. The van der Waals surface area contributed by atoms with Gasteiger partial charge in [0, 0.05) is 24.7 Å². The maximum atomic E-state index is 5.86. The van der Waals surface area contributed by atoms with Crippen molar-refractivity contribution in [3.63, 3.8) is 0 Å². The summed E-state index contributed by atoms with van der Waals surface area (Å²) < 4.78 is 0. The summed E-state index contributed by atoms with van der Waals surface area (Å²) >= 11 is 0. The highest BCUT2D eigenvalue weighted by Crippen LogP contribution is 2.22. The molecule has 0 spiro atoms. The van der Waals surface area contributed by atoms with Crippen LogP contribution in [0.5, 0.6) is 0 Å². The molecule has 2 nitrogen and oxygen atoms in total. The van der Waals surface area contributed by atoms with Crippen LogP contribution in [0.25, 0.3) is 0 Å². The fourth-order valence-corrected chi connectivity index (χ4v) is 2.00. The number of nitrogens with two attached hydrogens (primary N) is 1. The lowest BCUT2D eigenvalue weighted by Gasteiger charge is -2.36. The monoisotopic (exact) mass is 208 g/mol. The van der Waals surface area contributed by atoms with Crippen LogP contribution in [0.3, 0.4) is 0 Å². The van der Waals surface area contributed by atoms with Crippen molar-refractivity contribution in [1.29, 1.82) is 0 Å². The lowest BCUT2D eigenvalue weighted by molar-refractivity contribution is 0.137. The fourth-order valence-electron chi connectivity index (χ4n) is 2.00. The molecule has 1 aliphatic carbocycles. The van der Waals surface area contributed by atoms with Crippen LogP contribution in [-0.4, -0.2) is 29.6 Å². The molecule has 0 aliphatic heterocycles. The Morgan fingerprint density at radius 1 is 1.47 bits per heavy atom. The van der Waals surface area contributed by atoms with E-state index >= 15 is 0 Å². The van der Waals surface area contributed by atoms with Gasteiger partial charge in [0.05, 0.1) is 0 Å². The molecule has 86 valence electrons. The van der Waals surface area contributed by atoms with E-state index < -0.39 is 0 Å². The molecule has 0 heterocycles. The van der Waals surface area contributed by atoms with E-state index in [1.54, 1.807) is 0 Å². The zero-order valence-corrected chi connectivity index (χ0v) is 10.2. The molecule has 2 unspecified atom stereocenters. The van der Waals surface area contributed by atoms with Crippen LogP contribution in [0.2, 0.25) is 0 Å². The summed E-state index contributed by atoms with van der Waals surface area (Å²) in [6.45, 7) is 12.6. The first-order valence-corrected chi connectivity index (χ1v) is 5.73. The van der Waals surface area contributed by atoms with E-state index in [0.717, 1.165) is 19.5 Å². The fraction of sp³-hybridized carbons (Fsp3) is 0.692.